The van der Waals surface area contributed by atoms with Gasteiger partial charge in [-0.25, -0.2) is 9.59 Å². The van der Waals surface area contributed by atoms with Gasteiger partial charge in [0.1, 0.15) is 81.2 Å². The van der Waals surface area contributed by atoms with E-state index in [4.69, 9.17) is 114 Å². The number of amides is 1. The van der Waals surface area contributed by atoms with Gasteiger partial charge in [-0.1, -0.05) is 119 Å². The van der Waals surface area contributed by atoms with Gasteiger partial charge in [0.15, 0.2) is 98.7 Å². The quantitative estimate of drug-likeness (QED) is 0.0184. The number of carbonyl (C=O) groups excluding carboxylic acids is 12. The number of esters is 11. The third-order valence-corrected chi connectivity index (χ3v) is 20.8. The van der Waals surface area contributed by atoms with Gasteiger partial charge in [-0.15, -0.1) is 0 Å². The molecule has 11 rings (SSSR count). The lowest BCUT2D eigenvalue weighted by Gasteiger charge is -2.53. The first-order valence-corrected chi connectivity index (χ1v) is 40.1. The van der Waals surface area contributed by atoms with E-state index in [1.54, 1.807) is 60.7 Å². The fourth-order valence-corrected chi connectivity index (χ4v) is 15.8. The van der Waals surface area contributed by atoms with E-state index in [-0.39, 0.29) is 13.2 Å². The highest BCUT2D eigenvalue weighted by Gasteiger charge is 2.63. The fourth-order valence-electron chi connectivity index (χ4n) is 15.8. The van der Waals surface area contributed by atoms with Crippen LogP contribution in [0.2, 0.25) is 0 Å². The van der Waals surface area contributed by atoms with Crippen molar-refractivity contribution in [3.8, 4) is 11.1 Å². The Morgan fingerprint density at radius 3 is 1.33 bits per heavy atom. The summed E-state index contributed by atoms with van der Waals surface area (Å²) < 4.78 is 150. The summed E-state index contributed by atoms with van der Waals surface area (Å²) in [6.45, 7) is 10.8. The molecule has 4 aromatic carbocycles. The number of nitrogens with zero attached hydrogens (tertiary/aromatic N) is 6. The minimum Gasteiger partial charge on any atom is -0.463 e. The lowest BCUT2D eigenvalue weighted by atomic mass is 9.93. The number of rotatable bonds is 32. The normalized spacial score (nSPS) is 31.2. The second-order valence-corrected chi connectivity index (χ2v) is 30.1. The number of carbonyl (C=O) groups is 12. The molecule has 1 N–H and O–H groups in total. The second kappa shape index (κ2) is 43.6. The number of azide groups is 2. The lowest BCUT2D eigenvalue weighted by molar-refractivity contribution is -0.400. The molecule has 43 nitrogen and oxygen atoms in total. The van der Waals surface area contributed by atoms with Gasteiger partial charge in [0.2, 0.25) is 0 Å². The highest BCUT2D eigenvalue weighted by molar-refractivity contribution is 5.83. The summed E-state index contributed by atoms with van der Waals surface area (Å²) in [4.78, 5) is 168. The van der Waals surface area contributed by atoms with E-state index >= 15 is 0 Å². The predicted octanol–water partition coefficient (Wildman–Crippen LogP) is 6.30. The van der Waals surface area contributed by atoms with Crippen molar-refractivity contribution in [2.45, 2.75) is 274 Å². The molecule has 0 saturated carbocycles. The summed E-state index contributed by atoms with van der Waals surface area (Å²) in [7, 11) is 0. The molecule has 0 spiro atoms. The molecule has 6 aliphatic heterocycles. The molecule has 126 heavy (non-hydrogen) atoms. The Morgan fingerprint density at radius 2 is 0.825 bits per heavy atom. The summed E-state index contributed by atoms with van der Waals surface area (Å²) in [5.41, 5.74) is 26.6. The Morgan fingerprint density at radius 1 is 0.413 bits per heavy atom. The van der Waals surface area contributed by atoms with Crippen LogP contribution in [0, 0.1) is 0 Å². The van der Waals surface area contributed by atoms with Gasteiger partial charge in [-0.05, 0) is 59.7 Å². The van der Waals surface area contributed by atoms with Crippen LogP contribution in [0.4, 0.5) is 4.79 Å². The Labute approximate surface area is 720 Å². The average molecular weight is 1770 g/mol. The number of nitrogens with one attached hydrogen (secondary N) is 1. The van der Waals surface area contributed by atoms with Gasteiger partial charge in [-0.3, -0.25) is 47.9 Å². The lowest BCUT2D eigenvalue weighted by Crippen LogP contribution is -2.70. The van der Waals surface area contributed by atoms with E-state index in [0.717, 1.165) is 91.5 Å². The van der Waals surface area contributed by atoms with Gasteiger partial charge in [-0.2, -0.15) is 0 Å². The summed E-state index contributed by atoms with van der Waals surface area (Å²) in [5, 5.41) is 11.0. The van der Waals surface area contributed by atoms with Crippen LogP contribution in [0.3, 0.4) is 0 Å². The van der Waals surface area contributed by atoms with Crippen molar-refractivity contribution in [2.75, 3.05) is 26.4 Å². The number of hydrogen-bond donors (Lipinski definition) is 1. The molecular weight excluding hydrogens is 1670 g/mol. The molecule has 28 atom stereocenters. The van der Waals surface area contributed by atoms with Crippen LogP contribution in [0.25, 0.3) is 32.0 Å². The molecule has 4 aromatic rings. The highest BCUT2D eigenvalue weighted by Crippen LogP contribution is 2.47. The largest absolute Gasteiger partial charge is 0.463 e. The van der Waals surface area contributed by atoms with E-state index in [2.05, 4.69) is 25.4 Å². The first-order chi connectivity index (χ1) is 60.2. The molecular formula is C83H97N7O36. The van der Waals surface area contributed by atoms with Crippen molar-refractivity contribution in [3.63, 3.8) is 0 Å². The van der Waals surface area contributed by atoms with Gasteiger partial charge in [0, 0.05) is 90.5 Å². The maximum atomic E-state index is 14.8. The Kier molecular flexibility index (Phi) is 32.9. The zero-order chi connectivity index (χ0) is 90.9. The molecule has 43 heteroatoms. The average Bonchev–Trinajstić information content (AvgIpc) is 0.929. The number of fused-ring (bicyclic) bond motifs is 4. The molecule has 680 valence electrons. The van der Waals surface area contributed by atoms with E-state index in [0.29, 0.717) is 11.1 Å². The summed E-state index contributed by atoms with van der Waals surface area (Å²) >= 11 is 0. The van der Waals surface area contributed by atoms with Crippen LogP contribution >= 0.6 is 0 Å². The molecule has 0 unspecified atom stereocenters. The van der Waals surface area contributed by atoms with Crippen molar-refractivity contribution in [2.24, 2.45) is 10.2 Å². The van der Waals surface area contributed by atoms with Crippen LogP contribution in [-0.2, 0) is 173 Å². The van der Waals surface area contributed by atoms with Crippen molar-refractivity contribution in [1.29, 1.82) is 0 Å². The van der Waals surface area contributed by atoms with E-state index in [9.17, 15) is 68.6 Å². The minimum absolute atomic E-state index is 0.212. The molecule has 1 aliphatic carbocycles. The molecule has 0 bridgehead atoms. The molecule has 6 heterocycles. The van der Waals surface area contributed by atoms with Gasteiger partial charge in [0.25, 0.3) is 0 Å². The maximum absolute atomic E-state index is 14.8. The summed E-state index contributed by atoms with van der Waals surface area (Å²) in [6.07, 6.45) is -48.2. The van der Waals surface area contributed by atoms with Crippen LogP contribution in [0.5, 0.6) is 0 Å². The molecule has 0 radical (unpaired) electrons. The molecule has 1 amide bonds. The van der Waals surface area contributed by atoms with Crippen molar-refractivity contribution in [1.82, 2.24) is 5.32 Å². The molecule has 7 aliphatic rings. The number of benzene rings is 4. The smallest absolute Gasteiger partial charge is 0.407 e. The van der Waals surface area contributed by atoms with Gasteiger partial charge >= 0.3 is 71.8 Å². The zero-order valence-corrected chi connectivity index (χ0v) is 70.6. The van der Waals surface area contributed by atoms with Crippen molar-refractivity contribution >= 4 is 71.8 Å². The van der Waals surface area contributed by atoms with Crippen molar-refractivity contribution in [3.05, 3.63) is 152 Å². The first-order valence-electron chi connectivity index (χ1n) is 40.1. The summed E-state index contributed by atoms with van der Waals surface area (Å²) in [5.74, 6) is -11.9. The topological polar surface area (TPSA) is 536 Å². The van der Waals surface area contributed by atoms with E-state index < -0.39 is 269 Å². The summed E-state index contributed by atoms with van der Waals surface area (Å²) in [6, 6.07) is 26.1. The minimum atomic E-state index is -2.38. The third kappa shape index (κ3) is 24.0. The van der Waals surface area contributed by atoms with Crippen LogP contribution in [0.15, 0.2) is 119 Å². The molecule has 0 aromatic heterocycles. The predicted molar refractivity (Wildman–Crippen MR) is 416 cm³/mol. The van der Waals surface area contributed by atoms with Crippen molar-refractivity contribution < 1.29 is 171 Å². The van der Waals surface area contributed by atoms with E-state index in [1.165, 1.54) is 20.8 Å². The Bertz CT molecular complexity index is 4610. The highest BCUT2D eigenvalue weighted by atomic mass is 16.8. The zero-order valence-electron chi connectivity index (χ0n) is 70.6. The SMILES string of the molecule is CC(=O)OC[C@H]1O[C@@H](O[C@H]2[C@H](O[C@@H]3O[C@@H](C)[C@@H](OC(C)=O)[C@@H](OC(C)=O)[C@@H]3OC(C)=O)[C@@H](N=[N+]=[N-])[C@H](O[C@@H]3[C@@H](N=[N+]=[N-])[C@@H](O[C@H](C)[C@H](NC(=O)OCC4c5ccccc5-c5ccccc54)C(=O)OCc4ccccc4)O[C@@H]4CO[C@H](c5ccccc5)O[C@H]34)O[C@@H]2COC(C)=O)[C@H](O[C@@H]2O[C@@H](C)[C@@H](OC(C)=O)[C@@H](OC(C)=O)[C@@H]2OC(C)=O)[C@@H](OC(C)=O)[C@H]1OC(C)=O. The van der Waals surface area contributed by atoms with E-state index in [1.807, 2.05) is 48.5 Å². The fraction of sp³-hybridized carbons (Fsp3) is 0.566. The van der Waals surface area contributed by atoms with Gasteiger partial charge < -0.3 is 119 Å². The number of hydrogen-bond acceptors (Lipinski definition) is 38. The Balaban J connectivity index is 1.05. The maximum Gasteiger partial charge on any atom is 0.407 e. The first kappa shape index (κ1) is 95.1. The monoisotopic (exact) mass is 1770 g/mol. The Hall–Kier alpha value is -11.5. The third-order valence-electron chi connectivity index (χ3n) is 20.8. The second-order valence-electron chi connectivity index (χ2n) is 30.1. The molecule has 6 fully saturated rings. The standard InChI is InChI=1S/C83H97N7O36/c1-37(60(76(101)105-32-50-24-16-14-17-25-50)86-83(102)107-33-56-54-30-22-20-28-52(54)53-29-21-23-31-55(53)56)108-78-61(87-89-84)68(65-59(119-78)36-106-77(122-65)51-26-18-15-19-27-51)124-79-62(88-90-85)69(125-80-73(117-48(12)99)70(114-45(9)96)63(38(2)109-80)111-42(6)93)66(57(120-79)34-103-40(4)91)123-82-75(72(116-47(11)98)67(113-44(8)95)58(121-82)35-104-41(5)92)126-81-74(118-49(13)100)71(115-46(10)97)64(39(3)110-81)112-43(7)94/h14-31,37-39,56-75,77-82H,32-36H2,1-13H3,(H,86,102)/t37-,38+,39+,57-,58-,59-,60+,61-,62-,63-,64-,65+,66-,67+,68-,69-,70-,71-,72+,73+,74+,75-,77+,78+,79+,80+,81+,82+/m1/s1. The van der Waals surface area contributed by atoms with Crippen LogP contribution in [-0.4, -0.2) is 264 Å². The number of ether oxygens (including phenoxy) is 24. The number of alkyl carbamates (subject to hydrolysis) is 1. The molecule has 6 saturated heterocycles. The van der Waals surface area contributed by atoms with Gasteiger partial charge in [0.05, 0.1) is 24.9 Å². The van der Waals surface area contributed by atoms with Crippen LogP contribution in [0.1, 0.15) is 124 Å². The van der Waals surface area contributed by atoms with Crippen LogP contribution < -0.4 is 5.32 Å².